The van der Waals surface area contributed by atoms with Gasteiger partial charge in [0.1, 0.15) is 17.7 Å². The van der Waals surface area contributed by atoms with E-state index in [0.29, 0.717) is 6.54 Å². The summed E-state index contributed by atoms with van der Waals surface area (Å²) >= 11 is 0. The topological polar surface area (TPSA) is 65.4 Å². The van der Waals surface area contributed by atoms with Crippen molar-refractivity contribution in [2.24, 2.45) is 0 Å². The molecule has 1 aromatic heterocycles. The van der Waals surface area contributed by atoms with Crippen LogP contribution < -0.4 is 0 Å². The Morgan fingerprint density at radius 2 is 1.85 bits per heavy atom. The minimum absolute atomic E-state index is 0.0930. The third kappa shape index (κ3) is 2.76. The summed E-state index contributed by atoms with van der Waals surface area (Å²) in [6.45, 7) is 4.50. The van der Waals surface area contributed by atoms with E-state index in [1.807, 2.05) is 61.0 Å². The van der Waals surface area contributed by atoms with Crippen molar-refractivity contribution in [2.45, 2.75) is 20.4 Å². The molecule has 1 heterocycles. The van der Waals surface area contributed by atoms with Crippen LogP contribution in [0, 0.1) is 36.5 Å². The van der Waals surface area contributed by atoms with E-state index >= 15 is 0 Å². The molecule has 0 bridgehead atoms. The summed E-state index contributed by atoms with van der Waals surface area (Å²) in [6, 6.07) is 13.8. The molecule has 2 aromatic rings. The van der Waals surface area contributed by atoms with Gasteiger partial charge >= 0.3 is 0 Å². The van der Waals surface area contributed by atoms with Crippen molar-refractivity contribution in [1.82, 2.24) is 9.78 Å². The summed E-state index contributed by atoms with van der Waals surface area (Å²) in [4.78, 5) is 0. The number of benzene rings is 1. The predicted molar refractivity (Wildman–Crippen MR) is 76.4 cm³/mol. The maximum atomic E-state index is 8.84. The fourth-order valence-electron chi connectivity index (χ4n) is 2.06. The first-order valence-corrected chi connectivity index (χ1v) is 6.25. The van der Waals surface area contributed by atoms with E-state index in [1.54, 1.807) is 6.08 Å². The summed E-state index contributed by atoms with van der Waals surface area (Å²) in [7, 11) is 0. The zero-order valence-corrected chi connectivity index (χ0v) is 11.5. The summed E-state index contributed by atoms with van der Waals surface area (Å²) in [5.41, 5.74) is 3.87. The van der Waals surface area contributed by atoms with Crippen LogP contribution in [0.15, 0.2) is 35.9 Å². The predicted octanol–water partition coefficient (Wildman–Crippen LogP) is 2.98. The lowest BCUT2D eigenvalue weighted by atomic mass is 10.1. The van der Waals surface area contributed by atoms with Crippen LogP contribution in [0.5, 0.6) is 0 Å². The average molecular weight is 262 g/mol. The molecule has 0 aliphatic rings. The van der Waals surface area contributed by atoms with Gasteiger partial charge < -0.3 is 0 Å². The molecule has 4 nitrogen and oxygen atoms in total. The molecular formula is C16H14N4. The van der Waals surface area contributed by atoms with Crippen LogP contribution in [0.3, 0.4) is 0 Å². The van der Waals surface area contributed by atoms with Gasteiger partial charge in [0.25, 0.3) is 0 Å². The molecule has 2 rings (SSSR count). The summed E-state index contributed by atoms with van der Waals surface area (Å²) in [5.74, 6) is 0. The number of nitrogens with zero attached hydrogens (tertiary/aromatic N) is 4. The number of allylic oxidation sites excluding steroid dienone is 1. The number of hydrogen-bond acceptors (Lipinski definition) is 3. The molecule has 0 unspecified atom stereocenters. The van der Waals surface area contributed by atoms with E-state index in [2.05, 4.69) is 5.10 Å². The number of aryl methyl sites for hydroxylation is 1. The molecule has 0 fully saturated rings. The van der Waals surface area contributed by atoms with Gasteiger partial charge in [0.2, 0.25) is 0 Å². The van der Waals surface area contributed by atoms with Gasteiger partial charge in [-0.3, -0.25) is 4.68 Å². The molecule has 0 amide bonds. The maximum absolute atomic E-state index is 8.84. The van der Waals surface area contributed by atoms with Gasteiger partial charge in [-0.05, 0) is 25.5 Å². The second-order valence-electron chi connectivity index (χ2n) is 4.51. The molecule has 0 aliphatic heterocycles. The monoisotopic (exact) mass is 262 g/mol. The van der Waals surface area contributed by atoms with Crippen molar-refractivity contribution in [3.05, 3.63) is 58.4 Å². The molecule has 1 aromatic carbocycles. The summed E-state index contributed by atoms with van der Waals surface area (Å²) < 4.78 is 1.89. The maximum Gasteiger partial charge on any atom is 0.130 e. The van der Waals surface area contributed by atoms with E-state index in [-0.39, 0.29) is 5.57 Å². The van der Waals surface area contributed by atoms with Gasteiger partial charge in [-0.15, -0.1) is 0 Å². The van der Waals surface area contributed by atoms with Crippen molar-refractivity contribution in [1.29, 1.82) is 10.5 Å². The summed E-state index contributed by atoms with van der Waals surface area (Å²) in [5, 5.41) is 22.2. The van der Waals surface area contributed by atoms with Crippen LogP contribution in [-0.2, 0) is 6.54 Å². The second-order valence-corrected chi connectivity index (χ2v) is 4.51. The van der Waals surface area contributed by atoms with Gasteiger partial charge in [-0.2, -0.15) is 15.6 Å². The van der Waals surface area contributed by atoms with Gasteiger partial charge in [-0.25, -0.2) is 0 Å². The number of hydrogen-bond donors (Lipinski definition) is 0. The van der Waals surface area contributed by atoms with E-state index in [1.165, 1.54) is 0 Å². The fourth-order valence-corrected chi connectivity index (χ4v) is 2.06. The van der Waals surface area contributed by atoms with Crippen LogP contribution in [0.2, 0.25) is 0 Å². The lowest BCUT2D eigenvalue weighted by molar-refractivity contribution is 0.659. The Hall–Kier alpha value is -2.85. The van der Waals surface area contributed by atoms with Gasteiger partial charge in [0.05, 0.1) is 12.2 Å². The SMILES string of the molecule is Cc1nn(Cc2ccccc2)c(C)c1C=C(C#N)C#N. The quantitative estimate of drug-likeness (QED) is 0.799. The smallest absolute Gasteiger partial charge is 0.130 e. The number of nitriles is 2. The molecule has 4 heteroatoms. The molecule has 0 saturated carbocycles. The van der Waals surface area contributed by atoms with Crippen molar-refractivity contribution in [2.75, 3.05) is 0 Å². The molecule has 0 radical (unpaired) electrons. The zero-order valence-electron chi connectivity index (χ0n) is 11.5. The van der Waals surface area contributed by atoms with Crippen molar-refractivity contribution < 1.29 is 0 Å². The van der Waals surface area contributed by atoms with Crippen molar-refractivity contribution in [3.8, 4) is 12.1 Å². The zero-order chi connectivity index (χ0) is 14.5. The van der Waals surface area contributed by atoms with Crippen LogP contribution in [0.1, 0.15) is 22.5 Å². The normalized spacial score (nSPS) is 9.60. The third-order valence-electron chi connectivity index (χ3n) is 3.14. The average Bonchev–Trinajstić information content (AvgIpc) is 2.72. The Labute approximate surface area is 118 Å². The van der Waals surface area contributed by atoms with Crippen molar-refractivity contribution in [3.63, 3.8) is 0 Å². The molecule has 0 N–H and O–H groups in total. The molecule has 0 atom stereocenters. The van der Waals surface area contributed by atoms with Crippen LogP contribution in [-0.4, -0.2) is 9.78 Å². The van der Waals surface area contributed by atoms with Gasteiger partial charge in [-0.1, -0.05) is 30.3 Å². The highest BCUT2D eigenvalue weighted by molar-refractivity contribution is 5.64. The highest BCUT2D eigenvalue weighted by Gasteiger charge is 2.10. The lowest BCUT2D eigenvalue weighted by Crippen LogP contribution is -2.03. The molecule has 98 valence electrons. The Balaban J connectivity index is 2.38. The highest BCUT2D eigenvalue weighted by Crippen LogP contribution is 2.18. The second kappa shape index (κ2) is 5.86. The van der Waals surface area contributed by atoms with Gasteiger partial charge in [0, 0.05) is 11.3 Å². The molecule has 20 heavy (non-hydrogen) atoms. The molecule has 0 saturated heterocycles. The van der Waals surface area contributed by atoms with Crippen molar-refractivity contribution >= 4 is 6.08 Å². The van der Waals surface area contributed by atoms with Crippen LogP contribution in [0.25, 0.3) is 6.08 Å². The van der Waals surface area contributed by atoms with Crippen LogP contribution >= 0.6 is 0 Å². The Morgan fingerprint density at radius 1 is 1.20 bits per heavy atom. The Kier molecular flexibility index (Phi) is 3.98. The highest BCUT2D eigenvalue weighted by atomic mass is 15.3. The van der Waals surface area contributed by atoms with E-state index in [9.17, 15) is 0 Å². The standard InChI is InChI=1S/C16H14N4/c1-12-16(8-15(9-17)10-18)13(2)20(19-12)11-14-6-4-3-5-7-14/h3-8H,11H2,1-2H3. The first-order chi connectivity index (χ1) is 9.65. The van der Waals surface area contributed by atoms with E-state index in [0.717, 1.165) is 22.5 Å². The Bertz CT molecular complexity index is 708. The Morgan fingerprint density at radius 3 is 2.45 bits per heavy atom. The molecule has 0 aliphatic carbocycles. The molecular weight excluding hydrogens is 248 g/mol. The summed E-state index contributed by atoms with van der Waals surface area (Å²) in [6.07, 6.45) is 1.60. The first-order valence-electron chi connectivity index (χ1n) is 6.25. The van der Waals surface area contributed by atoms with Crippen LogP contribution in [0.4, 0.5) is 0 Å². The van der Waals surface area contributed by atoms with Gasteiger partial charge in [0.15, 0.2) is 0 Å². The van der Waals surface area contributed by atoms with E-state index in [4.69, 9.17) is 10.5 Å². The minimum Gasteiger partial charge on any atom is -0.265 e. The minimum atomic E-state index is 0.0930. The van der Waals surface area contributed by atoms with E-state index < -0.39 is 0 Å². The molecule has 0 spiro atoms. The largest absolute Gasteiger partial charge is 0.265 e. The third-order valence-corrected chi connectivity index (χ3v) is 3.14. The number of aromatic nitrogens is 2. The fraction of sp³-hybridized carbons (Fsp3) is 0.188. The first kappa shape index (κ1) is 13.6. The number of rotatable bonds is 3. The lowest BCUT2D eigenvalue weighted by Gasteiger charge is -2.04.